The van der Waals surface area contributed by atoms with Gasteiger partial charge in [-0.2, -0.15) is 18.2 Å². The number of ether oxygens (including phenoxy) is 1. The minimum absolute atomic E-state index is 0. The van der Waals surface area contributed by atoms with Gasteiger partial charge in [0.25, 0.3) is 6.33 Å². The average molecular weight is 954 g/mol. The number of benzene rings is 7. The molecule has 0 N–H and O–H groups in total. The summed E-state index contributed by atoms with van der Waals surface area (Å²) in [7, 11) is 0. The molecule has 0 spiro atoms. The third-order valence-electron chi connectivity index (χ3n) is 11.4. The minimum atomic E-state index is -0.0274. The van der Waals surface area contributed by atoms with Crippen LogP contribution in [0.2, 0.25) is 0 Å². The fraction of sp³-hybridized carbons (Fsp3) is 0.0741. The minimum Gasteiger partial charge on any atom is -0.510 e. The predicted molar refractivity (Wildman–Crippen MR) is 236 cm³/mol. The third-order valence-corrected chi connectivity index (χ3v) is 11.4. The molecule has 0 amide bonds. The van der Waals surface area contributed by atoms with Crippen molar-refractivity contribution in [2.24, 2.45) is 0 Å². The molecule has 7 aromatic carbocycles. The van der Waals surface area contributed by atoms with Gasteiger partial charge >= 0.3 is 0 Å². The molecular formula is C54H38N4OPt-2. The molecule has 0 radical (unpaired) electrons. The van der Waals surface area contributed by atoms with E-state index in [0.717, 1.165) is 67.1 Å². The number of nitrogens with zero attached hydrogens (tertiary/aromatic N) is 4. The SMILES string of the molecule is CC(C)(C)c1ccnc(-n2c3[c-]c(Oc4[c-]c(-n5[c-][n+](-c6ccccc6)c6c5-c5ccccc5-c5ccccc5-c5ccccc5-6)ccc4)ccc3c3ccccc32)c1.[Pt]. The Morgan fingerprint density at radius 1 is 0.567 bits per heavy atom. The van der Waals surface area contributed by atoms with Crippen LogP contribution in [0.5, 0.6) is 11.5 Å². The van der Waals surface area contributed by atoms with Crippen LogP contribution in [0.4, 0.5) is 0 Å². The molecule has 292 valence electrons. The van der Waals surface area contributed by atoms with E-state index in [-0.39, 0.29) is 26.5 Å². The number of aromatic nitrogens is 4. The van der Waals surface area contributed by atoms with Crippen molar-refractivity contribution in [1.29, 1.82) is 0 Å². The Hall–Kier alpha value is -6.81. The zero-order chi connectivity index (χ0) is 39.7. The first-order valence-electron chi connectivity index (χ1n) is 20.0. The summed E-state index contributed by atoms with van der Waals surface area (Å²) in [6.07, 6.45) is 5.69. The predicted octanol–water partition coefficient (Wildman–Crippen LogP) is 12.7. The summed E-state index contributed by atoms with van der Waals surface area (Å²) in [4.78, 5) is 4.86. The molecule has 0 atom stereocenters. The van der Waals surface area contributed by atoms with Crippen molar-refractivity contribution in [2.75, 3.05) is 0 Å². The van der Waals surface area contributed by atoms with Crippen molar-refractivity contribution in [2.45, 2.75) is 26.2 Å². The largest absolute Gasteiger partial charge is 0.510 e. The number of rotatable bonds is 5. The first kappa shape index (κ1) is 37.5. The van der Waals surface area contributed by atoms with Crippen molar-refractivity contribution in [3.63, 3.8) is 0 Å². The Morgan fingerprint density at radius 3 is 1.92 bits per heavy atom. The number of hydrogen-bond acceptors (Lipinski definition) is 2. The average Bonchev–Trinajstić information content (AvgIpc) is 3.82. The van der Waals surface area contributed by atoms with Crippen LogP contribution in [0.1, 0.15) is 26.3 Å². The Balaban J connectivity index is 0.00000433. The molecule has 6 heteroatoms. The van der Waals surface area contributed by atoms with Crippen LogP contribution >= 0.6 is 0 Å². The van der Waals surface area contributed by atoms with Crippen LogP contribution in [0.25, 0.3) is 83.8 Å². The van der Waals surface area contributed by atoms with Crippen molar-refractivity contribution in [3.8, 4) is 73.5 Å². The van der Waals surface area contributed by atoms with E-state index in [1.165, 1.54) is 22.3 Å². The zero-order valence-corrected chi connectivity index (χ0v) is 35.5. The van der Waals surface area contributed by atoms with Crippen molar-refractivity contribution >= 4 is 21.8 Å². The summed E-state index contributed by atoms with van der Waals surface area (Å²) < 4.78 is 13.2. The van der Waals surface area contributed by atoms with Gasteiger partial charge in [-0.3, -0.25) is 4.57 Å². The zero-order valence-electron chi connectivity index (χ0n) is 33.3. The molecular weight excluding hydrogens is 916 g/mol. The van der Waals surface area contributed by atoms with E-state index in [1.54, 1.807) is 0 Å². The van der Waals surface area contributed by atoms with Gasteiger partial charge in [-0.05, 0) is 85.8 Å². The second-order valence-corrected chi connectivity index (χ2v) is 16.0. The summed E-state index contributed by atoms with van der Waals surface area (Å²) >= 11 is 0. The molecule has 3 heterocycles. The maximum absolute atomic E-state index is 6.69. The van der Waals surface area contributed by atoms with E-state index < -0.39 is 0 Å². The fourth-order valence-electron chi connectivity index (χ4n) is 8.57. The normalized spacial score (nSPS) is 11.8. The van der Waals surface area contributed by atoms with Crippen LogP contribution in [-0.2, 0) is 26.5 Å². The first-order valence-corrected chi connectivity index (χ1v) is 20.0. The van der Waals surface area contributed by atoms with Gasteiger partial charge in [-0.15, -0.1) is 29.7 Å². The molecule has 11 rings (SSSR count). The Labute approximate surface area is 364 Å². The second kappa shape index (κ2) is 14.8. The summed E-state index contributed by atoms with van der Waals surface area (Å²) in [5.41, 5.74) is 14.0. The van der Waals surface area contributed by atoms with Crippen molar-refractivity contribution < 1.29 is 30.4 Å². The van der Waals surface area contributed by atoms with Gasteiger partial charge < -0.3 is 13.9 Å². The van der Waals surface area contributed by atoms with Gasteiger partial charge in [0.05, 0.1) is 17.1 Å². The fourth-order valence-corrected chi connectivity index (χ4v) is 8.57. The molecule has 0 unspecified atom stereocenters. The Morgan fingerprint density at radius 2 is 1.18 bits per heavy atom. The molecule has 10 aromatic rings. The molecule has 1 aliphatic rings. The second-order valence-electron chi connectivity index (χ2n) is 16.0. The third kappa shape index (κ3) is 6.20. The quantitative estimate of drug-likeness (QED) is 0.127. The number of fused-ring (bicyclic) bond motifs is 11. The number of hydrogen-bond donors (Lipinski definition) is 0. The molecule has 0 fully saturated rings. The van der Waals surface area contributed by atoms with Crippen LogP contribution in [0.15, 0.2) is 176 Å². The maximum Gasteiger partial charge on any atom is 0.268 e. The molecule has 0 aliphatic heterocycles. The van der Waals surface area contributed by atoms with Gasteiger partial charge in [0.15, 0.2) is 0 Å². The van der Waals surface area contributed by atoms with E-state index in [9.17, 15) is 0 Å². The van der Waals surface area contributed by atoms with Crippen LogP contribution < -0.4 is 9.30 Å². The van der Waals surface area contributed by atoms with Crippen molar-refractivity contribution in [3.05, 3.63) is 200 Å². The van der Waals surface area contributed by atoms with E-state index in [0.29, 0.717) is 11.5 Å². The molecule has 0 bridgehead atoms. The van der Waals surface area contributed by atoms with E-state index in [2.05, 4.69) is 199 Å². The number of pyridine rings is 1. The van der Waals surface area contributed by atoms with Gasteiger partial charge in [0.2, 0.25) is 0 Å². The molecule has 3 aromatic heterocycles. The first-order chi connectivity index (χ1) is 28.9. The van der Waals surface area contributed by atoms with Crippen LogP contribution in [-0.4, -0.2) is 14.1 Å². The Kier molecular flexibility index (Phi) is 9.23. The van der Waals surface area contributed by atoms with Gasteiger partial charge in [0, 0.05) is 44.3 Å². The van der Waals surface area contributed by atoms with Gasteiger partial charge in [0.1, 0.15) is 5.82 Å². The van der Waals surface area contributed by atoms with E-state index in [1.807, 2.05) is 30.5 Å². The van der Waals surface area contributed by atoms with Gasteiger partial charge in [-0.1, -0.05) is 135 Å². The van der Waals surface area contributed by atoms with Crippen LogP contribution in [0.3, 0.4) is 0 Å². The molecule has 0 saturated carbocycles. The maximum atomic E-state index is 6.69. The standard InChI is InChI=1S/C54H38N4O.Pt/c1-54(2,3)36-30-31-55-51(32-36)58-49-27-14-13-24-45(49)46-29-28-40(34-50(46)58)59-39-19-15-18-38(33-39)57-35-56(37-16-5-4-6-17-37)52-47-25-11-9-22-43(47)41-20-7-8-21-42(41)44-23-10-12-26-48(44)53(52)57;/h4-32H,1-3H3;/q-2;. The summed E-state index contributed by atoms with van der Waals surface area (Å²) in [6.45, 7) is 6.67. The summed E-state index contributed by atoms with van der Waals surface area (Å²) in [5.74, 6) is 2.01. The monoisotopic (exact) mass is 953 g/mol. The van der Waals surface area contributed by atoms with Crippen molar-refractivity contribution in [1.82, 2.24) is 14.1 Å². The molecule has 5 nitrogen and oxygen atoms in total. The van der Waals surface area contributed by atoms with E-state index >= 15 is 0 Å². The topological polar surface area (TPSA) is 35.9 Å². The number of imidazole rings is 1. The summed E-state index contributed by atoms with van der Waals surface area (Å²) in [6, 6.07) is 66.7. The molecule has 1 aliphatic carbocycles. The Bertz CT molecular complexity index is 3240. The van der Waals surface area contributed by atoms with Gasteiger partial charge in [-0.25, -0.2) is 4.98 Å². The molecule has 0 saturated heterocycles. The number of para-hydroxylation sites is 2. The molecule has 60 heavy (non-hydrogen) atoms. The van der Waals surface area contributed by atoms with Crippen LogP contribution in [0, 0.1) is 18.5 Å². The van der Waals surface area contributed by atoms with E-state index in [4.69, 9.17) is 9.72 Å². The smallest absolute Gasteiger partial charge is 0.268 e. The summed E-state index contributed by atoms with van der Waals surface area (Å²) in [5, 5.41) is 2.22.